The Bertz CT molecular complexity index is 292. The zero-order valence-electron chi connectivity index (χ0n) is 11.3. The largest absolute Gasteiger partial charge is 0.300 e. The van der Waals surface area contributed by atoms with Crippen molar-refractivity contribution in [2.45, 2.75) is 64.7 Å². The molecule has 0 aliphatic heterocycles. The van der Waals surface area contributed by atoms with Gasteiger partial charge in [0.1, 0.15) is 5.78 Å². The number of hydrogen-bond acceptors (Lipinski definition) is 1. The Balaban J connectivity index is 2.19. The van der Waals surface area contributed by atoms with Crippen LogP contribution in [0.1, 0.15) is 39.0 Å². The predicted molar refractivity (Wildman–Crippen MR) is 71.3 cm³/mol. The number of Topliss-reactive ketones (excluding diaryl/α,β-unsaturated/α-hetero) is 1. The quantitative estimate of drug-likeness (QED) is 0.676. The first kappa shape index (κ1) is 12.3. The van der Waals surface area contributed by atoms with Crippen molar-refractivity contribution in [3.8, 4) is 0 Å². The van der Waals surface area contributed by atoms with Gasteiger partial charge in [-0.05, 0) is 37.5 Å². The normalized spacial score (nSPS) is 38.8. The summed E-state index contributed by atoms with van der Waals surface area (Å²) in [5.74, 6) is 1.78. The van der Waals surface area contributed by atoms with E-state index in [1.54, 1.807) is 0 Å². The SMILES string of the molecule is CC(=O)C1CC2CCCCC21C[Si](C)(C)C. The van der Waals surface area contributed by atoms with Gasteiger partial charge in [0.25, 0.3) is 0 Å². The van der Waals surface area contributed by atoms with Gasteiger partial charge < -0.3 is 0 Å². The van der Waals surface area contributed by atoms with Crippen molar-refractivity contribution in [2.24, 2.45) is 17.3 Å². The van der Waals surface area contributed by atoms with E-state index in [1.165, 1.54) is 38.1 Å². The van der Waals surface area contributed by atoms with Gasteiger partial charge in [-0.15, -0.1) is 0 Å². The molecule has 0 bridgehead atoms. The van der Waals surface area contributed by atoms with E-state index >= 15 is 0 Å². The molecule has 2 aliphatic carbocycles. The van der Waals surface area contributed by atoms with Gasteiger partial charge in [0.2, 0.25) is 0 Å². The number of carbonyl (C=O) groups excluding carboxylic acids is 1. The maximum Gasteiger partial charge on any atom is 0.133 e. The highest BCUT2D eigenvalue weighted by Gasteiger charge is 2.57. The first-order valence-corrected chi connectivity index (χ1v) is 10.6. The Morgan fingerprint density at radius 3 is 2.50 bits per heavy atom. The van der Waals surface area contributed by atoms with Gasteiger partial charge in [0.05, 0.1) is 0 Å². The molecule has 0 radical (unpaired) electrons. The van der Waals surface area contributed by atoms with Gasteiger partial charge in [-0.3, -0.25) is 4.79 Å². The third kappa shape index (κ3) is 2.01. The van der Waals surface area contributed by atoms with Crippen molar-refractivity contribution in [3.05, 3.63) is 0 Å². The summed E-state index contributed by atoms with van der Waals surface area (Å²) in [5.41, 5.74) is 0.453. The summed E-state index contributed by atoms with van der Waals surface area (Å²) in [7, 11) is -1.05. The van der Waals surface area contributed by atoms with E-state index in [0.717, 1.165) is 5.92 Å². The van der Waals surface area contributed by atoms with Crippen molar-refractivity contribution < 1.29 is 4.79 Å². The molecule has 0 amide bonds. The highest BCUT2D eigenvalue weighted by molar-refractivity contribution is 6.76. The molecule has 2 aliphatic rings. The molecule has 2 rings (SSSR count). The van der Waals surface area contributed by atoms with Crippen LogP contribution in [0.5, 0.6) is 0 Å². The lowest BCUT2D eigenvalue weighted by Crippen LogP contribution is -2.56. The van der Waals surface area contributed by atoms with E-state index in [-0.39, 0.29) is 0 Å². The second kappa shape index (κ2) is 3.97. The Labute approximate surface area is 101 Å². The van der Waals surface area contributed by atoms with Crippen LogP contribution in [0.2, 0.25) is 25.7 Å². The molecule has 0 aromatic rings. The second-order valence-electron chi connectivity index (χ2n) is 7.31. The van der Waals surface area contributed by atoms with Crippen LogP contribution in [0.15, 0.2) is 0 Å². The lowest BCUT2D eigenvalue weighted by Gasteiger charge is -2.60. The fourth-order valence-electron chi connectivity index (χ4n) is 4.42. The van der Waals surface area contributed by atoms with Crippen LogP contribution in [0.4, 0.5) is 0 Å². The van der Waals surface area contributed by atoms with E-state index in [0.29, 0.717) is 17.1 Å². The molecular weight excluding hydrogens is 212 g/mol. The third-order valence-electron chi connectivity index (χ3n) is 4.82. The number of rotatable bonds is 3. The number of fused-ring (bicyclic) bond motifs is 1. The monoisotopic (exact) mass is 238 g/mol. The van der Waals surface area contributed by atoms with Crippen molar-refractivity contribution in [2.75, 3.05) is 0 Å². The molecular formula is C14H26OSi. The van der Waals surface area contributed by atoms with Gasteiger partial charge in [-0.25, -0.2) is 0 Å². The third-order valence-corrected chi connectivity index (χ3v) is 6.54. The van der Waals surface area contributed by atoms with Crippen LogP contribution >= 0.6 is 0 Å². The topological polar surface area (TPSA) is 17.1 Å². The van der Waals surface area contributed by atoms with E-state index in [2.05, 4.69) is 19.6 Å². The molecule has 16 heavy (non-hydrogen) atoms. The standard InChI is InChI=1S/C14H26OSi/c1-11(15)13-9-12-7-5-6-8-14(12,13)10-16(2,3)4/h12-13H,5-10H2,1-4H3. The number of ketones is 1. The van der Waals surface area contributed by atoms with E-state index < -0.39 is 8.07 Å². The first-order chi connectivity index (χ1) is 7.35. The molecule has 2 saturated carbocycles. The fraction of sp³-hybridized carbons (Fsp3) is 0.929. The molecule has 0 N–H and O–H groups in total. The summed E-state index contributed by atoms with van der Waals surface area (Å²) >= 11 is 0. The molecule has 0 saturated heterocycles. The minimum absolute atomic E-state index is 0.421. The number of hydrogen-bond donors (Lipinski definition) is 0. The molecule has 0 heterocycles. The van der Waals surface area contributed by atoms with Gasteiger partial charge >= 0.3 is 0 Å². The first-order valence-electron chi connectivity index (χ1n) is 6.86. The van der Waals surface area contributed by atoms with Crippen LogP contribution in [0.3, 0.4) is 0 Å². The zero-order chi connectivity index (χ0) is 12.0. The predicted octanol–water partition coefficient (Wildman–Crippen LogP) is 4.11. The maximum atomic E-state index is 11.8. The van der Waals surface area contributed by atoms with Crippen molar-refractivity contribution in [1.29, 1.82) is 0 Å². The molecule has 0 aromatic heterocycles. The molecule has 92 valence electrons. The number of carbonyl (C=O) groups is 1. The van der Waals surface area contributed by atoms with E-state index in [4.69, 9.17) is 0 Å². The van der Waals surface area contributed by atoms with Crippen LogP contribution in [-0.4, -0.2) is 13.9 Å². The Morgan fingerprint density at radius 2 is 2.00 bits per heavy atom. The zero-order valence-corrected chi connectivity index (χ0v) is 12.3. The van der Waals surface area contributed by atoms with Gasteiger partial charge in [-0.1, -0.05) is 38.5 Å². The molecule has 1 nitrogen and oxygen atoms in total. The summed E-state index contributed by atoms with van der Waals surface area (Å²) in [4.78, 5) is 11.8. The van der Waals surface area contributed by atoms with Crippen LogP contribution in [0, 0.1) is 17.3 Å². The van der Waals surface area contributed by atoms with E-state index in [9.17, 15) is 4.79 Å². The van der Waals surface area contributed by atoms with Gasteiger partial charge in [0, 0.05) is 14.0 Å². The summed E-state index contributed by atoms with van der Waals surface area (Å²) < 4.78 is 0. The maximum absolute atomic E-state index is 11.8. The fourth-order valence-corrected chi connectivity index (χ4v) is 7.11. The molecule has 2 fully saturated rings. The van der Waals surface area contributed by atoms with Crippen molar-refractivity contribution in [3.63, 3.8) is 0 Å². The average Bonchev–Trinajstić information content (AvgIpc) is 2.08. The van der Waals surface area contributed by atoms with Crippen LogP contribution < -0.4 is 0 Å². The molecule has 2 heteroatoms. The highest BCUT2D eigenvalue weighted by atomic mass is 28.3. The Hall–Kier alpha value is -0.113. The van der Waals surface area contributed by atoms with Crippen LogP contribution in [-0.2, 0) is 4.79 Å². The smallest absolute Gasteiger partial charge is 0.133 e. The average molecular weight is 238 g/mol. The van der Waals surface area contributed by atoms with Gasteiger partial charge in [-0.2, -0.15) is 0 Å². The summed E-state index contributed by atoms with van der Waals surface area (Å²) in [6.07, 6.45) is 6.72. The van der Waals surface area contributed by atoms with Crippen molar-refractivity contribution in [1.82, 2.24) is 0 Å². The lowest BCUT2D eigenvalue weighted by atomic mass is 9.47. The Morgan fingerprint density at radius 1 is 1.31 bits per heavy atom. The van der Waals surface area contributed by atoms with Crippen LogP contribution in [0.25, 0.3) is 0 Å². The Kier molecular flexibility index (Phi) is 3.06. The minimum Gasteiger partial charge on any atom is -0.300 e. The molecule has 0 aromatic carbocycles. The lowest BCUT2D eigenvalue weighted by molar-refractivity contribution is -0.142. The molecule has 3 atom stereocenters. The summed E-state index contributed by atoms with van der Waals surface area (Å²) in [6.45, 7) is 9.20. The summed E-state index contributed by atoms with van der Waals surface area (Å²) in [5, 5.41) is 0. The van der Waals surface area contributed by atoms with Gasteiger partial charge in [0.15, 0.2) is 0 Å². The minimum atomic E-state index is -1.05. The second-order valence-corrected chi connectivity index (χ2v) is 12.8. The summed E-state index contributed by atoms with van der Waals surface area (Å²) in [6, 6.07) is 1.38. The molecule has 3 unspecified atom stereocenters. The van der Waals surface area contributed by atoms with E-state index in [1.807, 2.05) is 6.92 Å². The highest BCUT2D eigenvalue weighted by Crippen LogP contribution is 2.63. The van der Waals surface area contributed by atoms with Crippen molar-refractivity contribution >= 4 is 13.9 Å². The molecule has 0 spiro atoms.